The molecule has 0 radical (unpaired) electrons. The van der Waals surface area contributed by atoms with E-state index in [-0.39, 0.29) is 11.7 Å². The molecule has 2 aromatic heterocycles. The third kappa shape index (κ3) is 3.43. The second kappa shape index (κ2) is 7.41. The highest BCUT2D eigenvalue weighted by atomic mass is 32.1. The predicted molar refractivity (Wildman–Crippen MR) is 113 cm³/mol. The molecule has 28 heavy (non-hydrogen) atoms. The van der Waals surface area contributed by atoms with E-state index >= 15 is 0 Å². The van der Waals surface area contributed by atoms with Crippen LogP contribution in [-0.4, -0.2) is 47.8 Å². The summed E-state index contributed by atoms with van der Waals surface area (Å²) in [7, 11) is 4.01. The summed E-state index contributed by atoms with van der Waals surface area (Å²) >= 11 is 1.48. The van der Waals surface area contributed by atoms with E-state index in [1.165, 1.54) is 11.3 Å². The Labute approximate surface area is 167 Å². The topological polar surface area (TPSA) is 56.6 Å². The molecule has 3 aromatic rings. The highest BCUT2D eigenvalue weighted by molar-refractivity contribution is 7.19. The lowest BCUT2D eigenvalue weighted by Gasteiger charge is -2.28. The van der Waals surface area contributed by atoms with Crippen molar-refractivity contribution in [2.24, 2.45) is 0 Å². The van der Waals surface area contributed by atoms with Gasteiger partial charge in [0.2, 0.25) is 0 Å². The van der Waals surface area contributed by atoms with Crippen LogP contribution in [0, 0.1) is 0 Å². The zero-order chi connectivity index (χ0) is 19.8. The lowest BCUT2D eigenvalue weighted by molar-refractivity contribution is 0.0710. The largest absolute Gasteiger partial charge is 0.486 e. The molecule has 1 aliphatic rings. The summed E-state index contributed by atoms with van der Waals surface area (Å²) < 4.78 is 14.1. The van der Waals surface area contributed by atoms with Gasteiger partial charge in [0.1, 0.15) is 23.7 Å². The van der Waals surface area contributed by atoms with E-state index in [1.807, 2.05) is 58.3 Å². The summed E-state index contributed by atoms with van der Waals surface area (Å²) in [6.07, 6.45) is 3.61. The van der Waals surface area contributed by atoms with Gasteiger partial charge in [-0.15, -0.1) is 11.3 Å². The molecule has 146 valence electrons. The van der Waals surface area contributed by atoms with E-state index in [9.17, 15) is 4.79 Å². The van der Waals surface area contributed by atoms with Crippen molar-refractivity contribution in [3.63, 3.8) is 0 Å². The summed E-state index contributed by atoms with van der Waals surface area (Å²) in [6, 6.07) is 7.52. The first kappa shape index (κ1) is 18.7. The van der Waals surface area contributed by atoms with Gasteiger partial charge in [0, 0.05) is 17.5 Å². The standard InChI is InChI=1S/C21H23N3O3S/c1-5-13(2)19-9-16-20(28-19)21(25)24(12-22-16)14-6-7-17-18(8-14)26-11-15(27-17)10-23(3)4/h5-9,12,15H,10-11H2,1-4H3/b13-5+. The van der Waals surface area contributed by atoms with Gasteiger partial charge in [-0.3, -0.25) is 9.36 Å². The molecule has 0 aliphatic carbocycles. The second-order valence-corrected chi connectivity index (χ2v) is 8.21. The molecule has 0 N–H and O–H groups in total. The Morgan fingerprint density at radius 3 is 2.93 bits per heavy atom. The minimum atomic E-state index is -0.0766. The van der Waals surface area contributed by atoms with Crippen LogP contribution < -0.4 is 15.0 Å². The van der Waals surface area contributed by atoms with Gasteiger partial charge in [0.05, 0.1) is 11.2 Å². The maximum Gasteiger partial charge on any atom is 0.275 e. The molecule has 0 fully saturated rings. The number of benzene rings is 1. The van der Waals surface area contributed by atoms with E-state index in [2.05, 4.69) is 9.88 Å². The van der Waals surface area contributed by atoms with Gasteiger partial charge in [0.15, 0.2) is 11.5 Å². The Morgan fingerprint density at radius 1 is 1.36 bits per heavy atom. The van der Waals surface area contributed by atoms with E-state index < -0.39 is 0 Å². The molecule has 0 saturated heterocycles. The minimum absolute atomic E-state index is 0.00603. The summed E-state index contributed by atoms with van der Waals surface area (Å²) in [5.41, 5.74) is 2.50. The van der Waals surface area contributed by atoms with Crippen LogP contribution >= 0.6 is 11.3 Å². The van der Waals surface area contributed by atoms with Crippen molar-refractivity contribution in [2.45, 2.75) is 20.0 Å². The summed E-state index contributed by atoms with van der Waals surface area (Å²) in [6.45, 7) is 5.29. The van der Waals surface area contributed by atoms with Gasteiger partial charge in [-0.05, 0) is 51.7 Å². The Balaban J connectivity index is 1.69. The number of thiophene rings is 1. The Bertz CT molecular complexity index is 1110. The van der Waals surface area contributed by atoms with Gasteiger partial charge < -0.3 is 14.4 Å². The molecule has 0 amide bonds. The van der Waals surface area contributed by atoms with Crippen LogP contribution in [0.4, 0.5) is 0 Å². The van der Waals surface area contributed by atoms with E-state index in [4.69, 9.17) is 9.47 Å². The van der Waals surface area contributed by atoms with Crippen molar-refractivity contribution >= 4 is 27.1 Å². The number of likely N-dealkylation sites (N-methyl/N-ethyl adjacent to an activating group) is 1. The van der Waals surface area contributed by atoms with Crippen LogP contribution in [0.25, 0.3) is 21.5 Å². The SMILES string of the molecule is C/C=C(\C)c1cc2ncn(-c3ccc4c(c3)OCC(CN(C)C)O4)c(=O)c2s1. The normalized spacial score (nSPS) is 16.8. The van der Waals surface area contributed by atoms with Crippen molar-refractivity contribution in [2.75, 3.05) is 27.2 Å². The second-order valence-electron chi connectivity index (χ2n) is 7.16. The first-order valence-electron chi connectivity index (χ1n) is 9.19. The van der Waals surface area contributed by atoms with Crippen LogP contribution in [-0.2, 0) is 0 Å². The lowest BCUT2D eigenvalue weighted by atomic mass is 10.2. The average Bonchev–Trinajstić information content (AvgIpc) is 3.12. The first-order chi connectivity index (χ1) is 13.5. The molecular formula is C21H23N3O3S. The summed E-state index contributed by atoms with van der Waals surface area (Å²) in [5, 5.41) is 0. The molecule has 1 aliphatic heterocycles. The van der Waals surface area contributed by atoms with Crippen LogP contribution in [0.2, 0.25) is 0 Å². The quantitative estimate of drug-likeness (QED) is 0.674. The molecule has 1 unspecified atom stereocenters. The monoisotopic (exact) mass is 397 g/mol. The van der Waals surface area contributed by atoms with Crippen molar-refractivity contribution in [1.82, 2.24) is 14.5 Å². The summed E-state index contributed by atoms with van der Waals surface area (Å²) in [5.74, 6) is 1.35. The van der Waals surface area contributed by atoms with Gasteiger partial charge in [0.25, 0.3) is 5.56 Å². The number of ether oxygens (including phenoxy) is 2. The van der Waals surface area contributed by atoms with E-state index in [0.717, 1.165) is 22.5 Å². The molecular weight excluding hydrogens is 374 g/mol. The third-order valence-corrected chi connectivity index (χ3v) is 6.00. The first-order valence-corrected chi connectivity index (χ1v) is 10.0. The summed E-state index contributed by atoms with van der Waals surface area (Å²) in [4.78, 5) is 20.6. The molecule has 1 aromatic carbocycles. The van der Waals surface area contributed by atoms with Gasteiger partial charge >= 0.3 is 0 Å². The Kier molecular flexibility index (Phi) is 4.95. The average molecular weight is 398 g/mol. The van der Waals surface area contributed by atoms with Gasteiger partial charge in [-0.2, -0.15) is 0 Å². The van der Waals surface area contributed by atoms with Crippen molar-refractivity contribution in [1.29, 1.82) is 0 Å². The predicted octanol–water partition coefficient (Wildman–Crippen LogP) is 3.57. The lowest BCUT2D eigenvalue weighted by Crippen LogP contribution is -2.38. The van der Waals surface area contributed by atoms with E-state index in [0.29, 0.717) is 28.5 Å². The number of nitrogens with zero attached hydrogens (tertiary/aromatic N) is 3. The zero-order valence-electron chi connectivity index (χ0n) is 16.4. The van der Waals surface area contributed by atoms with Crippen LogP contribution in [0.1, 0.15) is 18.7 Å². The fraction of sp³-hybridized carbons (Fsp3) is 0.333. The van der Waals surface area contributed by atoms with E-state index in [1.54, 1.807) is 10.9 Å². The number of hydrogen-bond acceptors (Lipinski definition) is 6. The number of aromatic nitrogens is 2. The smallest absolute Gasteiger partial charge is 0.275 e. The maximum absolute atomic E-state index is 13.0. The molecule has 3 heterocycles. The van der Waals surface area contributed by atoms with Crippen LogP contribution in [0.3, 0.4) is 0 Å². The van der Waals surface area contributed by atoms with Crippen molar-refractivity contribution in [3.8, 4) is 17.2 Å². The fourth-order valence-corrected chi connectivity index (χ4v) is 4.25. The maximum atomic E-state index is 13.0. The molecule has 6 nitrogen and oxygen atoms in total. The van der Waals surface area contributed by atoms with Crippen LogP contribution in [0.15, 0.2) is 41.5 Å². The number of rotatable bonds is 4. The van der Waals surface area contributed by atoms with Gasteiger partial charge in [-0.25, -0.2) is 4.98 Å². The van der Waals surface area contributed by atoms with Crippen molar-refractivity contribution in [3.05, 3.63) is 51.9 Å². The molecule has 4 rings (SSSR count). The zero-order valence-corrected chi connectivity index (χ0v) is 17.2. The number of hydrogen-bond donors (Lipinski definition) is 0. The third-order valence-electron chi connectivity index (χ3n) is 4.75. The minimum Gasteiger partial charge on any atom is -0.486 e. The number of allylic oxidation sites excluding steroid dienone is 2. The van der Waals surface area contributed by atoms with Crippen molar-refractivity contribution < 1.29 is 9.47 Å². The molecule has 1 atom stereocenters. The highest BCUT2D eigenvalue weighted by Crippen LogP contribution is 2.34. The fourth-order valence-electron chi connectivity index (χ4n) is 3.18. The Morgan fingerprint density at radius 2 is 2.18 bits per heavy atom. The molecule has 0 spiro atoms. The van der Waals surface area contributed by atoms with Gasteiger partial charge in [-0.1, -0.05) is 6.08 Å². The Hall–Kier alpha value is -2.64. The number of fused-ring (bicyclic) bond motifs is 2. The molecule has 0 bridgehead atoms. The molecule has 7 heteroatoms. The molecule has 0 saturated carbocycles. The highest BCUT2D eigenvalue weighted by Gasteiger charge is 2.22. The van der Waals surface area contributed by atoms with Crippen LogP contribution in [0.5, 0.6) is 11.5 Å².